The molecule has 0 bridgehead atoms. The monoisotopic (exact) mass is 115 g/mol. The van der Waals surface area contributed by atoms with Crippen LogP contribution in [0.3, 0.4) is 0 Å². The van der Waals surface area contributed by atoms with E-state index in [9.17, 15) is 4.79 Å². The van der Waals surface area contributed by atoms with Crippen molar-refractivity contribution < 1.29 is 4.79 Å². The van der Waals surface area contributed by atoms with Crippen molar-refractivity contribution in [1.29, 1.82) is 5.53 Å². The second-order valence-electron chi connectivity index (χ2n) is 0.850. The minimum absolute atomic E-state index is 0.773. The average Bonchev–Trinajstić information content (AvgIpc) is 1.66. The van der Waals surface area contributed by atoms with Crippen molar-refractivity contribution in [3.8, 4) is 0 Å². The summed E-state index contributed by atoms with van der Waals surface area (Å²) >= 11 is 0. The molecule has 0 saturated carbocycles. The van der Waals surface area contributed by atoms with Gasteiger partial charge < -0.3 is 5.73 Å². The highest BCUT2D eigenvalue weighted by molar-refractivity contribution is 5.72. The normalized spacial score (nSPS) is 9.00. The summed E-state index contributed by atoms with van der Waals surface area (Å²) in [6.07, 6.45) is 0.852. The lowest BCUT2D eigenvalue weighted by Gasteiger charge is -1.84. The number of rotatable bonds is 2. The van der Waals surface area contributed by atoms with Crippen molar-refractivity contribution in [2.24, 2.45) is 15.9 Å². The maximum atomic E-state index is 9.77. The summed E-state index contributed by atoms with van der Waals surface area (Å²) in [5.74, 6) is 0. The number of hydrogen-bond acceptors (Lipinski definition) is 3. The molecular weight excluding hydrogens is 110 g/mol. The van der Waals surface area contributed by atoms with Gasteiger partial charge in [0, 0.05) is 0 Å². The Kier molecular flexibility index (Phi) is 3.04. The molecule has 0 aliphatic rings. The van der Waals surface area contributed by atoms with Crippen LogP contribution < -0.4 is 11.2 Å². The van der Waals surface area contributed by atoms with E-state index in [4.69, 9.17) is 5.53 Å². The maximum Gasteiger partial charge on any atom is 0.332 e. The molecule has 2 amide bonds. The summed E-state index contributed by atoms with van der Waals surface area (Å²) in [4.78, 5) is 9.77. The summed E-state index contributed by atoms with van der Waals surface area (Å²) in [6.45, 7) is 0. The zero-order valence-corrected chi connectivity index (χ0v) is 3.96. The fourth-order valence-corrected chi connectivity index (χ4v) is 0.121. The molecule has 6 nitrogen and oxygen atoms in total. The van der Waals surface area contributed by atoms with Gasteiger partial charge in [-0.3, -0.25) is 0 Å². The molecule has 0 atom stereocenters. The SMILES string of the molecule is N=N/C=N/NC(N)=O. The van der Waals surface area contributed by atoms with Gasteiger partial charge in [-0.2, -0.15) is 5.10 Å². The van der Waals surface area contributed by atoms with Crippen LogP contribution in [0.1, 0.15) is 0 Å². The quantitative estimate of drug-likeness (QED) is 0.194. The number of carbonyl (C=O) groups excluding carboxylic acids is 1. The molecule has 0 aliphatic heterocycles. The largest absolute Gasteiger partial charge is 0.350 e. The van der Waals surface area contributed by atoms with E-state index in [2.05, 4.69) is 15.9 Å². The second-order valence-corrected chi connectivity index (χ2v) is 0.850. The molecule has 8 heavy (non-hydrogen) atoms. The van der Waals surface area contributed by atoms with Gasteiger partial charge in [-0.25, -0.2) is 15.8 Å². The van der Waals surface area contributed by atoms with Gasteiger partial charge in [0.25, 0.3) is 0 Å². The topological polar surface area (TPSA) is 104 Å². The summed E-state index contributed by atoms with van der Waals surface area (Å²) in [5, 5.41) is 5.78. The third-order valence-corrected chi connectivity index (χ3v) is 0.290. The fraction of sp³-hybridized carbons (Fsp3) is 0. The number of urea groups is 1. The fourth-order valence-electron chi connectivity index (χ4n) is 0.121. The van der Waals surface area contributed by atoms with Gasteiger partial charge in [-0.15, -0.1) is 5.11 Å². The van der Waals surface area contributed by atoms with Crippen LogP contribution in [0.25, 0.3) is 0 Å². The van der Waals surface area contributed by atoms with Crippen molar-refractivity contribution in [3.63, 3.8) is 0 Å². The Bertz CT molecular complexity index is 118. The molecule has 0 aromatic rings. The van der Waals surface area contributed by atoms with Crippen molar-refractivity contribution in [2.75, 3.05) is 0 Å². The van der Waals surface area contributed by atoms with Crippen LogP contribution >= 0.6 is 0 Å². The minimum Gasteiger partial charge on any atom is -0.350 e. The third-order valence-electron chi connectivity index (χ3n) is 0.290. The molecule has 0 heterocycles. The molecule has 0 saturated heterocycles. The van der Waals surface area contributed by atoms with E-state index >= 15 is 0 Å². The van der Waals surface area contributed by atoms with E-state index in [0.29, 0.717) is 0 Å². The van der Waals surface area contributed by atoms with Crippen molar-refractivity contribution >= 4 is 12.4 Å². The minimum atomic E-state index is -0.773. The van der Waals surface area contributed by atoms with Gasteiger partial charge in [-0.1, -0.05) is 0 Å². The zero-order valence-electron chi connectivity index (χ0n) is 3.96. The number of nitrogens with two attached hydrogens (primary N) is 1. The number of nitrogens with one attached hydrogen (secondary N) is 2. The van der Waals surface area contributed by atoms with E-state index in [1.165, 1.54) is 0 Å². The Labute approximate surface area is 45.3 Å². The molecule has 6 heteroatoms. The van der Waals surface area contributed by atoms with Gasteiger partial charge >= 0.3 is 6.03 Å². The third kappa shape index (κ3) is 4.54. The molecule has 0 rings (SSSR count). The van der Waals surface area contributed by atoms with Gasteiger partial charge in [-0.05, 0) is 0 Å². The Morgan fingerprint density at radius 1 is 1.88 bits per heavy atom. The first-order valence-electron chi connectivity index (χ1n) is 1.71. The van der Waals surface area contributed by atoms with Crippen LogP contribution in [0.2, 0.25) is 0 Å². The smallest absolute Gasteiger partial charge is 0.332 e. The second kappa shape index (κ2) is 3.72. The Morgan fingerprint density at radius 3 is 2.88 bits per heavy atom. The molecule has 44 valence electrons. The van der Waals surface area contributed by atoms with E-state index in [0.717, 1.165) is 6.34 Å². The number of carbonyl (C=O) groups is 1. The highest BCUT2D eigenvalue weighted by atomic mass is 16.2. The van der Waals surface area contributed by atoms with Crippen LogP contribution in [0.15, 0.2) is 10.2 Å². The first-order valence-corrected chi connectivity index (χ1v) is 1.71. The van der Waals surface area contributed by atoms with Crippen LogP contribution in [0, 0.1) is 5.53 Å². The predicted octanol–water partition coefficient (Wildman–Crippen LogP) is -0.371. The number of hydrazone groups is 1. The first-order chi connectivity index (χ1) is 3.77. The lowest BCUT2D eigenvalue weighted by atomic mass is 11.1. The lowest BCUT2D eigenvalue weighted by Crippen LogP contribution is -2.24. The van der Waals surface area contributed by atoms with E-state index in [-0.39, 0.29) is 0 Å². The Hall–Kier alpha value is -1.46. The number of amides is 2. The maximum absolute atomic E-state index is 9.77. The molecule has 4 N–H and O–H groups in total. The molecular formula is C2H5N5O. The molecule has 0 aliphatic carbocycles. The van der Waals surface area contributed by atoms with Crippen LogP contribution in [0.4, 0.5) is 4.79 Å². The van der Waals surface area contributed by atoms with Crippen LogP contribution in [0.5, 0.6) is 0 Å². The van der Waals surface area contributed by atoms with Crippen molar-refractivity contribution in [1.82, 2.24) is 5.43 Å². The predicted molar refractivity (Wildman–Crippen MR) is 26.4 cm³/mol. The van der Waals surface area contributed by atoms with Gasteiger partial charge in [0.15, 0.2) is 6.34 Å². The Balaban J connectivity index is 3.29. The number of primary amides is 1. The van der Waals surface area contributed by atoms with Gasteiger partial charge in [0.1, 0.15) is 0 Å². The number of hydrogen-bond donors (Lipinski definition) is 3. The van der Waals surface area contributed by atoms with Crippen molar-refractivity contribution in [3.05, 3.63) is 0 Å². The summed E-state index contributed by atoms with van der Waals surface area (Å²) in [5.41, 5.74) is 12.5. The van der Waals surface area contributed by atoms with Crippen molar-refractivity contribution in [2.45, 2.75) is 0 Å². The van der Waals surface area contributed by atoms with E-state index < -0.39 is 6.03 Å². The molecule has 0 unspecified atom stereocenters. The summed E-state index contributed by atoms with van der Waals surface area (Å²) < 4.78 is 0. The average molecular weight is 115 g/mol. The highest BCUT2D eigenvalue weighted by Crippen LogP contribution is 1.56. The van der Waals surface area contributed by atoms with Crippen LogP contribution in [-0.4, -0.2) is 12.4 Å². The molecule has 0 aromatic heterocycles. The summed E-state index contributed by atoms with van der Waals surface area (Å²) in [7, 11) is 0. The molecule has 0 fully saturated rings. The van der Waals surface area contributed by atoms with Crippen LogP contribution in [-0.2, 0) is 0 Å². The van der Waals surface area contributed by atoms with E-state index in [1.807, 2.05) is 5.43 Å². The zero-order chi connectivity index (χ0) is 6.41. The standard InChI is InChI=1S/C2H5N5O/c3-2(8)7-6-1-5-4/h1,4H,(H3,3,7,8)/b5-4?,6-1+. The molecule has 0 radical (unpaired) electrons. The summed E-state index contributed by atoms with van der Waals surface area (Å²) in [6, 6.07) is -0.773. The van der Waals surface area contributed by atoms with E-state index in [1.54, 1.807) is 0 Å². The first kappa shape index (κ1) is 6.54. The lowest BCUT2D eigenvalue weighted by molar-refractivity contribution is 0.249. The molecule has 0 spiro atoms. The highest BCUT2D eigenvalue weighted by Gasteiger charge is 1.79. The number of nitrogens with zero attached hydrogens (tertiary/aromatic N) is 2. The van der Waals surface area contributed by atoms with Gasteiger partial charge in [0.2, 0.25) is 0 Å². The molecule has 0 aromatic carbocycles. The Morgan fingerprint density at radius 2 is 2.50 bits per heavy atom. The van der Waals surface area contributed by atoms with Gasteiger partial charge in [0.05, 0.1) is 0 Å².